The van der Waals surface area contributed by atoms with Crippen molar-refractivity contribution in [2.24, 2.45) is 0 Å². The Kier molecular flexibility index (Phi) is 2.87. The Hall–Kier alpha value is -0.770. The van der Waals surface area contributed by atoms with Crippen molar-refractivity contribution in [3.8, 4) is 5.75 Å². The minimum atomic E-state index is -0.485. The van der Waals surface area contributed by atoms with Crippen LogP contribution in [0.5, 0.6) is 5.75 Å². The molecule has 80 valence electrons. The molecule has 1 aromatic carbocycles. The smallest absolute Gasteiger partial charge is 0.252 e. The van der Waals surface area contributed by atoms with Crippen LogP contribution in [0.25, 0.3) is 0 Å². The molecular weight excluding hydrogens is 239 g/mol. The Morgan fingerprint density at radius 2 is 2.33 bits per heavy atom. The number of rotatable bonds is 2. The van der Waals surface area contributed by atoms with Crippen molar-refractivity contribution < 1.29 is 13.8 Å². The molecule has 0 fully saturated rings. The number of hydrogen-bond donors (Lipinski definition) is 0. The largest absolute Gasteiger partial charge is 0.463 e. The van der Waals surface area contributed by atoms with Gasteiger partial charge in [-0.05, 0) is 36.2 Å². The number of fused-ring (bicyclic) bond motifs is 1. The minimum Gasteiger partial charge on any atom is -0.463 e. The van der Waals surface area contributed by atoms with Crippen LogP contribution in [0.4, 0.5) is 0 Å². The van der Waals surface area contributed by atoms with Gasteiger partial charge in [-0.2, -0.15) is 0 Å². The summed E-state index contributed by atoms with van der Waals surface area (Å²) in [5.41, 5.74) is 2.24. The summed E-state index contributed by atoms with van der Waals surface area (Å²) in [4.78, 5) is 11.1. The van der Waals surface area contributed by atoms with E-state index in [0.29, 0.717) is 17.7 Å². The predicted octanol–water partition coefficient (Wildman–Crippen LogP) is 2.81. The molecule has 0 radical (unpaired) electrons. The number of ether oxygens (including phenoxy) is 1. The van der Waals surface area contributed by atoms with Crippen LogP contribution >= 0.6 is 23.5 Å². The molecule has 15 heavy (non-hydrogen) atoms. The normalized spacial score (nSPS) is 18.5. The third-order valence-corrected chi connectivity index (χ3v) is 2.90. The van der Waals surface area contributed by atoms with E-state index >= 15 is 0 Å². The summed E-state index contributed by atoms with van der Waals surface area (Å²) in [6, 6.07) is 3.34. The van der Waals surface area contributed by atoms with E-state index in [2.05, 4.69) is 4.29 Å². The highest BCUT2D eigenvalue weighted by Gasteiger charge is 2.26. The van der Waals surface area contributed by atoms with E-state index in [1.54, 1.807) is 12.1 Å². The molecule has 0 bridgehead atoms. The second-order valence-electron chi connectivity index (χ2n) is 3.33. The third-order valence-electron chi connectivity index (χ3n) is 2.50. The molecule has 1 aromatic rings. The van der Waals surface area contributed by atoms with Crippen molar-refractivity contribution in [1.29, 1.82) is 0 Å². The Morgan fingerprint density at radius 1 is 1.60 bits per heavy atom. The van der Waals surface area contributed by atoms with Gasteiger partial charge in [0.25, 0.3) is 5.24 Å². The lowest BCUT2D eigenvalue weighted by Gasteiger charge is -2.05. The first kappa shape index (κ1) is 10.7. The van der Waals surface area contributed by atoms with Crippen molar-refractivity contribution in [2.45, 2.75) is 19.6 Å². The van der Waals surface area contributed by atoms with Crippen LogP contribution in [-0.4, -0.2) is 11.5 Å². The molecule has 0 aromatic heterocycles. The first-order valence-corrected chi connectivity index (χ1v) is 5.08. The van der Waals surface area contributed by atoms with Crippen molar-refractivity contribution in [3.63, 3.8) is 0 Å². The molecule has 0 saturated heterocycles. The minimum absolute atomic E-state index is 0.467. The van der Waals surface area contributed by atoms with Crippen molar-refractivity contribution in [3.05, 3.63) is 28.8 Å². The zero-order valence-corrected chi connectivity index (χ0v) is 9.43. The zero-order valence-electron chi connectivity index (χ0n) is 7.92. The van der Waals surface area contributed by atoms with Gasteiger partial charge < -0.3 is 4.74 Å². The Bertz CT molecular complexity index is 417. The van der Waals surface area contributed by atoms with E-state index in [4.69, 9.17) is 28.2 Å². The van der Waals surface area contributed by atoms with E-state index in [9.17, 15) is 4.79 Å². The summed E-state index contributed by atoms with van der Waals surface area (Å²) < 4.78 is 9.94. The molecule has 1 atom stereocenters. The summed E-state index contributed by atoms with van der Waals surface area (Å²) in [5.74, 6) is 0.694. The standard InChI is InChI=1S/C10H8Cl2O3/c1-5-6(10(11)13)2-3-8-7(5)4-9(14-8)15-12/h2-3,9H,4H2,1H3. The quantitative estimate of drug-likeness (QED) is 0.754. The maximum Gasteiger partial charge on any atom is 0.252 e. The summed E-state index contributed by atoms with van der Waals surface area (Å²) in [6.45, 7) is 1.83. The van der Waals surface area contributed by atoms with Gasteiger partial charge in [-0.25, -0.2) is 4.29 Å². The topological polar surface area (TPSA) is 35.5 Å². The maximum atomic E-state index is 11.1. The SMILES string of the molecule is Cc1c(C(=O)Cl)ccc2c1CC(OCl)O2. The van der Waals surface area contributed by atoms with E-state index < -0.39 is 11.5 Å². The molecule has 0 aliphatic carbocycles. The van der Waals surface area contributed by atoms with Crippen LogP contribution < -0.4 is 4.74 Å². The maximum absolute atomic E-state index is 11.1. The van der Waals surface area contributed by atoms with E-state index in [1.165, 1.54) is 0 Å². The van der Waals surface area contributed by atoms with Gasteiger partial charge in [0.2, 0.25) is 6.29 Å². The fourth-order valence-electron chi connectivity index (χ4n) is 1.71. The molecule has 1 unspecified atom stereocenters. The number of hydrogen-bond acceptors (Lipinski definition) is 3. The highest BCUT2D eigenvalue weighted by atomic mass is 35.5. The van der Waals surface area contributed by atoms with Gasteiger partial charge in [-0.1, -0.05) is 0 Å². The van der Waals surface area contributed by atoms with Crippen LogP contribution in [0.1, 0.15) is 21.5 Å². The van der Waals surface area contributed by atoms with Crippen molar-refractivity contribution in [1.82, 2.24) is 0 Å². The molecule has 3 nitrogen and oxygen atoms in total. The lowest BCUT2D eigenvalue weighted by atomic mass is 10.0. The lowest BCUT2D eigenvalue weighted by Crippen LogP contribution is -2.12. The third kappa shape index (κ3) is 1.83. The monoisotopic (exact) mass is 246 g/mol. The number of halogens is 2. The second-order valence-corrected chi connectivity index (χ2v) is 3.85. The summed E-state index contributed by atoms with van der Waals surface area (Å²) in [6.07, 6.45) is 0.0453. The first-order chi connectivity index (χ1) is 7.13. The summed E-state index contributed by atoms with van der Waals surface area (Å²) in [5, 5.41) is -0.467. The Labute approximate surface area is 97.1 Å². The second kappa shape index (κ2) is 4.00. The molecule has 2 rings (SSSR count). The number of benzene rings is 1. The van der Waals surface area contributed by atoms with E-state index in [-0.39, 0.29) is 0 Å². The average Bonchev–Trinajstić information content (AvgIpc) is 2.61. The van der Waals surface area contributed by atoms with Gasteiger partial charge >= 0.3 is 0 Å². The van der Waals surface area contributed by atoms with Gasteiger partial charge in [0.15, 0.2) is 0 Å². The Morgan fingerprint density at radius 3 is 2.93 bits per heavy atom. The lowest BCUT2D eigenvalue weighted by molar-refractivity contribution is 0.0338. The van der Waals surface area contributed by atoms with Gasteiger partial charge in [0, 0.05) is 17.5 Å². The molecule has 5 heteroatoms. The van der Waals surface area contributed by atoms with Crippen LogP contribution in [-0.2, 0) is 10.7 Å². The molecule has 1 heterocycles. The molecule has 0 N–H and O–H groups in total. The van der Waals surface area contributed by atoms with E-state index in [1.807, 2.05) is 6.92 Å². The molecule has 1 aliphatic rings. The van der Waals surface area contributed by atoms with Crippen molar-refractivity contribution in [2.75, 3.05) is 0 Å². The van der Waals surface area contributed by atoms with Gasteiger partial charge in [-0.3, -0.25) is 4.79 Å². The van der Waals surface area contributed by atoms with E-state index in [0.717, 1.165) is 11.1 Å². The van der Waals surface area contributed by atoms with Gasteiger partial charge in [-0.15, -0.1) is 0 Å². The predicted molar refractivity (Wildman–Crippen MR) is 56.4 cm³/mol. The zero-order chi connectivity index (χ0) is 11.0. The molecular formula is C10H8Cl2O3. The summed E-state index contributed by atoms with van der Waals surface area (Å²) >= 11 is 10.7. The molecule has 0 spiro atoms. The van der Waals surface area contributed by atoms with Crippen LogP contribution in [0.3, 0.4) is 0 Å². The van der Waals surface area contributed by atoms with Gasteiger partial charge in [0.1, 0.15) is 5.75 Å². The fourth-order valence-corrected chi connectivity index (χ4v) is 2.01. The highest BCUT2D eigenvalue weighted by Crippen LogP contribution is 2.34. The molecule has 1 aliphatic heterocycles. The Balaban J connectivity index is 2.44. The number of carbonyl (C=O) groups excluding carboxylic acids is 1. The van der Waals surface area contributed by atoms with Crippen LogP contribution in [0, 0.1) is 6.92 Å². The van der Waals surface area contributed by atoms with Crippen LogP contribution in [0.15, 0.2) is 12.1 Å². The number of carbonyl (C=O) groups is 1. The van der Waals surface area contributed by atoms with Crippen LogP contribution in [0.2, 0.25) is 0 Å². The first-order valence-electron chi connectivity index (χ1n) is 4.40. The highest BCUT2D eigenvalue weighted by molar-refractivity contribution is 6.67. The summed E-state index contributed by atoms with van der Waals surface area (Å²) in [7, 11) is 0. The molecule has 0 amide bonds. The fraction of sp³-hybridized carbons (Fsp3) is 0.300. The van der Waals surface area contributed by atoms with Gasteiger partial charge in [0.05, 0.1) is 11.9 Å². The van der Waals surface area contributed by atoms with Crippen molar-refractivity contribution >= 4 is 28.7 Å². The molecule has 0 saturated carbocycles. The average molecular weight is 247 g/mol.